The molecule has 0 bridgehead atoms. The number of hydrogen-bond donors (Lipinski definition) is 2. The number of nitrogens with two attached hydrogens (primary N) is 1. The number of anilines is 1. The number of hydrogen-bond acceptors (Lipinski definition) is 8. The maximum Gasteiger partial charge on any atom is 0.280 e. The van der Waals surface area contributed by atoms with Crippen molar-refractivity contribution in [1.29, 1.82) is 0 Å². The summed E-state index contributed by atoms with van der Waals surface area (Å²) in [6.07, 6.45) is 0.917. The van der Waals surface area contributed by atoms with Gasteiger partial charge in [-0.05, 0) is 18.1 Å². The Kier molecular flexibility index (Phi) is 5.34. The van der Waals surface area contributed by atoms with Crippen LogP contribution in [0.2, 0.25) is 18.1 Å². The van der Waals surface area contributed by atoms with Crippen molar-refractivity contribution in [3.63, 3.8) is 0 Å². The molecule has 0 amide bonds. The average molecular weight is 409 g/mol. The molecule has 154 valence electrons. The largest absolute Gasteiger partial charge is 0.414 e. The van der Waals surface area contributed by atoms with Crippen molar-refractivity contribution in [1.82, 2.24) is 19.5 Å². The van der Waals surface area contributed by atoms with Crippen LogP contribution >= 0.6 is 0 Å². The van der Waals surface area contributed by atoms with Gasteiger partial charge in [-0.3, -0.25) is 14.3 Å². The fourth-order valence-electron chi connectivity index (χ4n) is 2.89. The Morgan fingerprint density at radius 1 is 1.50 bits per heavy atom. The summed E-state index contributed by atoms with van der Waals surface area (Å²) < 4.78 is 14.2. The van der Waals surface area contributed by atoms with E-state index in [0.717, 1.165) is 0 Å². The van der Waals surface area contributed by atoms with Gasteiger partial charge in [-0.25, -0.2) is 4.98 Å². The van der Waals surface area contributed by atoms with Gasteiger partial charge in [0.1, 0.15) is 12.3 Å². The first-order valence-electron chi connectivity index (χ1n) is 9.17. The number of nitrogens with one attached hydrogen (secondary N) is 1. The highest BCUT2D eigenvalue weighted by molar-refractivity contribution is 6.74. The van der Waals surface area contributed by atoms with Gasteiger partial charge in [0, 0.05) is 13.1 Å². The van der Waals surface area contributed by atoms with Crippen molar-refractivity contribution in [2.75, 3.05) is 12.3 Å². The summed E-state index contributed by atoms with van der Waals surface area (Å²) in [5, 5.41) is 3.66. The lowest BCUT2D eigenvalue weighted by Gasteiger charge is -2.37. The summed E-state index contributed by atoms with van der Waals surface area (Å²) in [7, 11) is -1.95. The van der Waals surface area contributed by atoms with Crippen LogP contribution in [0, 0.1) is 0 Å². The molecule has 3 N–H and O–H groups in total. The molecule has 3 heterocycles. The smallest absolute Gasteiger partial charge is 0.280 e. The van der Waals surface area contributed by atoms with E-state index in [1.54, 1.807) is 4.57 Å². The van der Waals surface area contributed by atoms with Gasteiger partial charge in [0.2, 0.25) is 5.95 Å². The summed E-state index contributed by atoms with van der Waals surface area (Å²) in [6, 6.07) is 0. The Balaban J connectivity index is 1.82. The quantitative estimate of drug-likeness (QED) is 0.425. The number of aromatic amines is 1. The van der Waals surface area contributed by atoms with Crippen molar-refractivity contribution in [3.05, 3.63) is 16.7 Å². The molecule has 1 saturated heterocycles. The topological polar surface area (TPSA) is 130 Å². The molecule has 1 fully saturated rings. The molecule has 3 atom stereocenters. The SMILES string of the molecule is C=NOC1C[C@H](n2cnc3c(=O)[nH]c(N)nc32)O[C@@H]1CO[Si](C)(C)C(C)(C)C. The fourth-order valence-corrected chi connectivity index (χ4v) is 3.90. The van der Waals surface area contributed by atoms with Crippen molar-refractivity contribution in [2.24, 2.45) is 5.16 Å². The van der Waals surface area contributed by atoms with Gasteiger partial charge < -0.3 is 19.7 Å². The molecule has 1 unspecified atom stereocenters. The summed E-state index contributed by atoms with van der Waals surface area (Å²) in [5.41, 5.74) is 5.86. The van der Waals surface area contributed by atoms with E-state index in [1.807, 2.05) is 0 Å². The summed E-state index contributed by atoms with van der Waals surface area (Å²) >= 11 is 0. The molecule has 1 aliphatic rings. The van der Waals surface area contributed by atoms with Gasteiger partial charge in [0.15, 0.2) is 25.6 Å². The van der Waals surface area contributed by atoms with Crippen LogP contribution in [0.15, 0.2) is 16.3 Å². The summed E-state index contributed by atoms with van der Waals surface area (Å²) in [5.74, 6) is 0.0237. The molecule has 11 heteroatoms. The molecule has 0 radical (unpaired) electrons. The van der Waals surface area contributed by atoms with Crippen LogP contribution < -0.4 is 11.3 Å². The van der Waals surface area contributed by atoms with Crippen LogP contribution in [0.1, 0.15) is 33.4 Å². The minimum atomic E-state index is -1.95. The Labute approximate surface area is 164 Å². The normalized spacial score (nSPS) is 23.2. The van der Waals surface area contributed by atoms with Crippen LogP contribution in [0.4, 0.5) is 5.95 Å². The zero-order chi connectivity index (χ0) is 20.7. The predicted molar refractivity (Wildman–Crippen MR) is 109 cm³/mol. The van der Waals surface area contributed by atoms with Crippen molar-refractivity contribution in [3.8, 4) is 0 Å². The maximum absolute atomic E-state index is 12.0. The Morgan fingerprint density at radius 3 is 2.86 bits per heavy atom. The molecule has 2 aromatic heterocycles. The minimum Gasteiger partial charge on any atom is -0.414 e. The van der Waals surface area contributed by atoms with E-state index in [-0.39, 0.29) is 28.7 Å². The second-order valence-corrected chi connectivity index (χ2v) is 13.3. The Morgan fingerprint density at radius 2 is 2.21 bits per heavy atom. The number of ether oxygens (including phenoxy) is 1. The fraction of sp³-hybridized carbons (Fsp3) is 0.647. The third-order valence-corrected chi connectivity index (χ3v) is 10.1. The van der Waals surface area contributed by atoms with Crippen LogP contribution in [-0.4, -0.2) is 53.4 Å². The third kappa shape index (κ3) is 3.82. The highest BCUT2D eigenvalue weighted by Gasteiger charge is 2.43. The van der Waals surface area contributed by atoms with Crippen LogP contribution in [0.3, 0.4) is 0 Å². The molecule has 1 aliphatic heterocycles. The van der Waals surface area contributed by atoms with E-state index in [4.69, 9.17) is 19.7 Å². The first-order valence-corrected chi connectivity index (χ1v) is 12.1. The van der Waals surface area contributed by atoms with Gasteiger partial charge in [0.05, 0.1) is 12.9 Å². The molecule has 0 aromatic carbocycles. The summed E-state index contributed by atoms with van der Waals surface area (Å²) in [6.45, 7) is 14.7. The third-order valence-electron chi connectivity index (χ3n) is 5.57. The second-order valence-electron chi connectivity index (χ2n) is 8.48. The number of rotatable bonds is 6. The molecule has 10 nitrogen and oxygen atoms in total. The molecular weight excluding hydrogens is 380 g/mol. The maximum atomic E-state index is 12.0. The molecule has 3 rings (SSSR count). The first kappa shape index (κ1) is 20.5. The standard InChI is InChI=1S/C17H28N6O4Si/c1-17(2,3)28(5,6)25-8-11-10(27-19-4)7-12(26-11)23-9-20-13-14(23)21-16(18)22-15(13)24/h9-12H,4,7-8H2,1-3,5-6H3,(H3,18,21,22,24)/t10?,11-,12-/m1/s1. The van der Waals surface area contributed by atoms with Crippen molar-refractivity contribution >= 4 is 32.1 Å². The second kappa shape index (κ2) is 7.30. The molecule has 0 aliphatic carbocycles. The molecule has 2 aromatic rings. The number of nitrogens with zero attached hydrogens (tertiary/aromatic N) is 4. The van der Waals surface area contributed by atoms with Crippen LogP contribution in [-0.2, 0) is 14.0 Å². The number of imidazole rings is 1. The van der Waals surface area contributed by atoms with Gasteiger partial charge in [-0.1, -0.05) is 20.8 Å². The molecular formula is C17H28N6O4Si. The van der Waals surface area contributed by atoms with Gasteiger partial charge >= 0.3 is 0 Å². The number of nitrogen functional groups attached to an aromatic ring is 1. The van der Waals surface area contributed by atoms with Crippen LogP contribution in [0.25, 0.3) is 11.2 Å². The summed E-state index contributed by atoms with van der Waals surface area (Å²) in [4.78, 5) is 28.2. The number of fused-ring (bicyclic) bond motifs is 1. The first-order chi connectivity index (χ1) is 13.0. The van der Waals surface area contributed by atoms with E-state index in [9.17, 15) is 4.79 Å². The Hall–Kier alpha value is -2.24. The van der Waals surface area contributed by atoms with E-state index in [1.165, 1.54) is 6.33 Å². The zero-order valence-electron chi connectivity index (χ0n) is 16.9. The lowest BCUT2D eigenvalue weighted by atomic mass is 10.2. The van der Waals surface area contributed by atoms with E-state index in [0.29, 0.717) is 18.7 Å². The van der Waals surface area contributed by atoms with Gasteiger partial charge in [-0.2, -0.15) is 4.98 Å². The zero-order valence-corrected chi connectivity index (χ0v) is 17.9. The lowest BCUT2D eigenvalue weighted by Crippen LogP contribution is -2.44. The number of oxime groups is 1. The molecule has 0 saturated carbocycles. The predicted octanol–water partition coefficient (Wildman–Crippen LogP) is 2.01. The minimum absolute atomic E-state index is 0.0237. The van der Waals surface area contributed by atoms with Crippen LogP contribution in [0.5, 0.6) is 0 Å². The number of H-pyrrole nitrogens is 1. The monoisotopic (exact) mass is 408 g/mol. The molecule has 28 heavy (non-hydrogen) atoms. The average Bonchev–Trinajstić information content (AvgIpc) is 3.16. The van der Waals surface area contributed by atoms with E-state index < -0.39 is 20.1 Å². The van der Waals surface area contributed by atoms with Crippen molar-refractivity contribution < 1.29 is 14.0 Å². The Bertz CT molecular complexity index is 918. The van der Waals surface area contributed by atoms with Gasteiger partial charge in [0.25, 0.3) is 5.56 Å². The highest BCUT2D eigenvalue weighted by Crippen LogP contribution is 2.38. The van der Waals surface area contributed by atoms with E-state index >= 15 is 0 Å². The van der Waals surface area contributed by atoms with E-state index in [2.05, 4.69) is 60.7 Å². The van der Waals surface area contributed by atoms with Gasteiger partial charge in [-0.15, -0.1) is 5.16 Å². The van der Waals surface area contributed by atoms with Crippen molar-refractivity contribution in [2.45, 2.75) is 63.8 Å². The number of aromatic nitrogens is 4. The molecule has 0 spiro atoms. The highest BCUT2D eigenvalue weighted by atomic mass is 28.4. The lowest BCUT2D eigenvalue weighted by molar-refractivity contribution is -0.0568.